The minimum absolute atomic E-state index is 0.000633. The van der Waals surface area contributed by atoms with Crippen molar-refractivity contribution in [1.82, 2.24) is 0 Å². The topological polar surface area (TPSA) is 33.9 Å². The van der Waals surface area contributed by atoms with E-state index in [-0.39, 0.29) is 24.9 Å². The molecule has 0 bridgehead atoms. The summed E-state index contributed by atoms with van der Waals surface area (Å²) in [5, 5.41) is 9.25. The van der Waals surface area contributed by atoms with Crippen LogP contribution in [0, 0.1) is 5.41 Å². The summed E-state index contributed by atoms with van der Waals surface area (Å²) in [6, 6.07) is 0. The number of alkyl halides is 3. The number of ether oxygens (including phenoxy) is 1. The normalized spacial score (nSPS) is 35.5. The summed E-state index contributed by atoms with van der Waals surface area (Å²) in [6.45, 7) is 1.89. The summed E-state index contributed by atoms with van der Waals surface area (Å²) in [5.74, 6) is 0. The second kappa shape index (κ2) is 4.65. The van der Waals surface area contributed by atoms with Gasteiger partial charge in [-0.25, -0.2) is 0 Å². The monoisotopic (exact) mass is 268 g/mol. The number of rotatable bonds is 4. The van der Waals surface area contributed by atoms with Crippen molar-refractivity contribution in [2.45, 2.75) is 37.5 Å². The van der Waals surface area contributed by atoms with E-state index in [4.69, 9.17) is 4.74 Å². The zero-order chi connectivity index (χ0) is 13.4. The Morgan fingerprint density at radius 2 is 1.72 bits per heavy atom. The Morgan fingerprint density at radius 3 is 2.06 bits per heavy atom. The molecule has 18 heavy (non-hydrogen) atoms. The van der Waals surface area contributed by atoms with Crippen LogP contribution in [0.4, 0.5) is 13.2 Å². The van der Waals surface area contributed by atoms with Gasteiger partial charge in [-0.3, -0.25) is 0 Å². The van der Waals surface area contributed by atoms with Crippen LogP contribution in [-0.2, 0) is 4.74 Å². The zero-order valence-corrected chi connectivity index (χ0v) is 10.6. The van der Waals surface area contributed by atoms with Crippen LogP contribution in [0.2, 0.25) is 0 Å². The standard InChI is InChI=1S/C12H20F3NO2/c1-18-11(12(13,14)15)4-6-16(7-5-11)8-10(9-17)2-3-10/h17H,2-9H2,1H3/p+1. The lowest BCUT2D eigenvalue weighted by atomic mass is 9.89. The fourth-order valence-corrected chi connectivity index (χ4v) is 2.89. The number of quaternary nitrogens is 1. The molecule has 3 nitrogen and oxygen atoms in total. The first-order chi connectivity index (χ1) is 8.36. The van der Waals surface area contributed by atoms with Gasteiger partial charge in [-0.2, -0.15) is 13.2 Å². The number of aliphatic hydroxyl groups is 1. The summed E-state index contributed by atoms with van der Waals surface area (Å²) in [7, 11) is 1.15. The molecule has 2 aliphatic rings. The molecule has 2 fully saturated rings. The van der Waals surface area contributed by atoms with Crippen LogP contribution in [0.1, 0.15) is 25.7 Å². The lowest BCUT2D eigenvalue weighted by Gasteiger charge is -2.40. The van der Waals surface area contributed by atoms with Gasteiger partial charge < -0.3 is 14.7 Å². The number of likely N-dealkylation sites (tertiary alicyclic amines) is 1. The van der Waals surface area contributed by atoms with E-state index in [1.807, 2.05) is 0 Å². The molecule has 1 aliphatic carbocycles. The quantitative estimate of drug-likeness (QED) is 0.773. The van der Waals surface area contributed by atoms with Crippen LogP contribution >= 0.6 is 0 Å². The molecule has 0 aromatic carbocycles. The summed E-state index contributed by atoms with van der Waals surface area (Å²) in [5.41, 5.74) is -1.95. The van der Waals surface area contributed by atoms with E-state index >= 15 is 0 Å². The molecule has 0 spiro atoms. The molecule has 2 N–H and O–H groups in total. The van der Waals surface area contributed by atoms with E-state index in [1.165, 1.54) is 4.90 Å². The van der Waals surface area contributed by atoms with Crippen molar-refractivity contribution in [3.8, 4) is 0 Å². The van der Waals surface area contributed by atoms with E-state index in [2.05, 4.69) is 0 Å². The van der Waals surface area contributed by atoms with Crippen molar-refractivity contribution >= 4 is 0 Å². The number of halogens is 3. The van der Waals surface area contributed by atoms with E-state index in [1.54, 1.807) is 0 Å². The van der Waals surface area contributed by atoms with Crippen molar-refractivity contribution in [3.05, 3.63) is 0 Å². The molecule has 2 rings (SSSR count). The fourth-order valence-electron chi connectivity index (χ4n) is 2.89. The molecule has 1 saturated heterocycles. The average molecular weight is 268 g/mol. The van der Waals surface area contributed by atoms with Gasteiger partial charge in [0, 0.05) is 25.4 Å². The molecule has 0 amide bonds. The zero-order valence-electron chi connectivity index (χ0n) is 10.6. The van der Waals surface area contributed by atoms with Crippen molar-refractivity contribution in [3.63, 3.8) is 0 Å². The molecule has 6 heteroatoms. The van der Waals surface area contributed by atoms with Gasteiger partial charge in [0.15, 0.2) is 5.60 Å². The molecular weight excluding hydrogens is 247 g/mol. The number of aliphatic hydroxyl groups excluding tert-OH is 1. The molecule has 0 unspecified atom stereocenters. The summed E-state index contributed by atoms with van der Waals surface area (Å²) >= 11 is 0. The Labute approximate surface area is 105 Å². The number of piperidine rings is 1. The van der Waals surface area contributed by atoms with Crippen molar-refractivity contribution < 1.29 is 27.9 Å². The van der Waals surface area contributed by atoms with Crippen LogP contribution in [-0.4, -0.2) is 50.2 Å². The van der Waals surface area contributed by atoms with Crippen LogP contribution < -0.4 is 4.90 Å². The lowest BCUT2D eigenvalue weighted by Crippen LogP contribution is -3.14. The Kier molecular flexibility index (Phi) is 3.64. The van der Waals surface area contributed by atoms with Crippen LogP contribution in [0.25, 0.3) is 0 Å². The maximum Gasteiger partial charge on any atom is 0.417 e. The molecule has 1 saturated carbocycles. The Balaban J connectivity index is 1.91. The summed E-state index contributed by atoms with van der Waals surface area (Å²) in [4.78, 5) is 1.17. The highest BCUT2D eigenvalue weighted by atomic mass is 19.4. The summed E-state index contributed by atoms with van der Waals surface area (Å²) < 4.78 is 43.7. The first kappa shape index (κ1) is 14.1. The Morgan fingerprint density at radius 1 is 1.17 bits per heavy atom. The molecule has 1 heterocycles. The summed E-state index contributed by atoms with van der Waals surface area (Å²) in [6.07, 6.45) is -2.25. The van der Waals surface area contributed by atoms with Gasteiger partial charge in [0.05, 0.1) is 26.2 Å². The van der Waals surface area contributed by atoms with Crippen molar-refractivity contribution in [1.29, 1.82) is 0 Å². The number of hydrogen-bond acceptors (Lipinski definition) is 2. The second-order valence-corrected chi connectivity index (χ2v) is 5.78. The maximum absolute atomic E-state index is 13.0. The van der Waals surface area contributed by atoms with E-state index < -0.39 is 11.8 Å². The van der Waals surface area contributed by atoms with Crippen molar-refractivity contribution in [2.24, 2.45) is 5.41 Å². The number of methoxy groups -OCH3 is 1. The first-order valence-corrected chi connectivity index (χ1v) is 6.43. The Bertz CT molecular complexity index is 294. The van der Waals surface area contributed by atoms with E-state index in [0.717, 1.165) is 26.5 Å². The first-order valence-electron chi connectivity index (χ1n) is 6.43. The smallest absolute Gasteiger partial charge is 0.396 e. The predicted octanol–water partition coefficient (Wildman–Crippen LogP) is 0.385. The van der Waals surface area contributed by atoms with Gasteiger partial charge in [-0.05, 0) is 12.8 Å². The highest BCUT2D eigenvalue weighted by molar-refractivity contribution is 4.93. The van der Waals surface area contributed by atoms with Gasteiger partial charge in [-0.1, -0.05) is 0 Å². The van der Waals surface area contributed by atoms with Gasteiger partial charge in [0.2, 0.25) is 0 Å². The average Bonchev–Trinajstić information content (AvgIpc) is 3.09. The molecule has 0 aromatic heterocycles. The third kappa shape index (κ3) is 2.51. The van der Waals surface area contributed by atoms with Gasteiger partial charge in [-0.15, -0.1) is 0 Å². The minimum atomic E-state index is -4.29. The largest absolute Gasteiger partial charge is 0.417 e. The van der Waals surface area contributed by atoms with E-state index in [9.17, 15) is 18.3 Å². The van der Waals surface area contributed by atoms with Crippen molar-refractivity contribution in [2.75, 3.05) is 33.4 Å². The minimum Gasteiger partial charge on any atom is -0.396 e. The highest BCUT2D eigenvalue weighted by Crippen LogP contribution is 2.44. The molecule has 106 valence electrons. The molecule has 0 radical (unpaired) electrons. The lowest BCUT2D eigenvalue weighted by molar-refractivity contribution is -0.913. The van der Waals surface area contributed by atoms with Crippen LogP contribution in [0.5, 0.6) is 0 Å². The maximum atomic E-state index is 13.0. The predicted molar refractivity (Wildman–Crippen MR) is 59.3 cm³/mol. The molecule has 0 aromatic rings. The number of hydrogen-bond donors (Lipinski definition) is 2. The Hall–Kier alpha value is -0.330. The van der Waals surface area contributed by atoms with Crippen LogP contribution in [0.15, 0.2) is 0 Å². The van der Waals surface area contributed by atoms with E-state index in [0.29, 0.717) is 13.1 Å². The van der Waals surface area contributed by atoms with Gasteiger partial charge >= 0.3 is 6.18 Å². The molecular formula is C12H21F3NO2+. The third-order valence-electron chi connectivity index (χ3n) is 4.59. The SMILES string of the molecule is COC1(C(F)(F)F)CC[NH+](CC2(CO)CC2)CC1. The van der Waals surface area contributed by atoms with Gasteiger partial charge in [0.1, 0.15) is 0 Å². The molecule has 0 atom stereocenters. The van der Waals surface area contributed by atoms with Crippen LogP contribution in [0.3, 0.4) is 0 Å². The number of nitrogens with one attached hydrogen (secondary N) is 1. The molecule has 1 aliphatic heterocycles. The second-order valence-electron chi connectivity index (χ2n) is 5.78. The third-order valence-corrected chi connectivity index (χ3v) is 4.59. The highest BCUT2D eigenvalue weighted by Gasteiger charge is 2.58. The van der Waals surface area contributed by atoms with Gasteiger partial charge in [0.25, 0.3) is 0 Å². The fraction of sp³-hybridized carbons (Fsp3) is 1.00.